The van der Waals surface area contributed by atoms with Crippen LogP contribution in [-0.2, 0) is 9.53 Å². The Labute approximate surface area is 116 Å². The predicted octanol–water partition coefficient (Wildman–Crippen LogP) is 3.53. The van der Waals surface area contributed by atoms with Gasteiger partial charge in [0.1, 0.15) is 5.92 Å². The summed E-state index contributed by atoms with van der Waals surface area (Å²) in [6, 6.07) is 5.48. The van der Waals surface area contributed by atoms with Crippen LogP contribution in [0.5, 0.6) is 0 Å². The van der Waals surface area contributed by atoms with Crippen LogP contribution < -0.4 is 0 Å². The van der Waals surface area contributed by atoms with Crippen molar-refractivity contribution in [1.82, 2.24) is 0 Å². The van der Waals surface area contributed by atoms with Gasteiger partial charge in [0.15, 0.2) is 5.78 Å². The first-order chi connectivity index (χ1) is 8.51. The predicted molar refractivity (Wildman–Crippen MR) is 73.6 cm³/mol. The average molecular weight is 313 g/mol. The molecule has 0 aliphatic heterocycles. The van der Waals surface area contributed by atoms with E-state index in [4.69, 9.17) is 4.74 Å². The molecule has 0 saturated carbocycles. The molecular weight excluding hydrogens is 296 g/mol. The molecule has 0 heterocycles. The standard InChI is InChI=1S/C14H17BrO3/c1-4-11(14(17)18-5-2)13(16)12-8-10(15)7-6-9(12)3/h6-8,11H,4-5H2,1-3H3. The lowest BCUT2D eigenvalue weighted by molar-refractivity contribution is -0.146. The maximum Gasteiger partial charge on any atom is 0.316 e. The highest BCUT2D eigenvalue weighted by Gasteiger charge is 2.28. The van der Waals surface area contributed by atoms with Crippen LogP contribution in [0.3, 0.4) is 0 Å². The van der Waals surface area contributed by atoms with Gasteiger partial charge < -0.3 is 4.74 Å². The summed E-state index contributed by atoms with van der Waals surface area (Å²) in [6.07, 6.45) is 0.448. The van der Waals surface area contributed by atoms with Crippen LogP contribution in [0.4, 0.5) is 0 Å². The van der Waals surface area contributed by atoms with Crippen molar-refractivity contribution >= 4 is 27.7 Å². The smallest absolute Gasteiger partial charge is 0.316 e. The fourth-order valence-electron chi connectivity index (χ4n) is 1.75. The first kappa shape index (κ1) is 14.9. The second-order valence-electron chi connectivity index (χ2n) is 4.04. The Morgan fingerprint density at radius 3 is 2.56 bits per heavy atom. The summed E-state index contributed by atoms with van der Waals surface area (Å²) in [5, 5.41) is 0. The Bertz CT molecular complexity index is 454. The molecule has 0 N–H and O–H groups in total. The van der Waals surface area contributed by atoms with Crippen molar-refractivity contribution in [3.63, 3.8) is 0 Å². The molecular formula is C14H17BrO3. The monoisotopic (exact) mass is 312 g/mol. The molecule has 98 valence electrons. The number of Topliss-reactive ketones (excluding diaryl/α,β-unsaturated/α-hetero) is 1. The van der Waals surface area contributed by atoms with E-state index < -0.39 is 11.9 Å². The maximum atomic E-state index is 12.3. The molecule has 0 aliphatic rings. The number of esters is 1. The largest absolute Gasteiger partial charge is 0.465 e. The number of ether oxygens (including phenoxy) is 1. The highest BCUT2D eigenvalue weighted by Crippen LogP contribution is 2.21. The first-order valence-corrected chi connectivity index (χ1v) is 6.77. The molecule has 1 atom stereocenters. The van der Waals surface area contributed by atoms with E-state index in [1.807, 2.05) is 26.0 Å². The summed E-state index contributed by atoms with van der Waals surface area (Å²) in [5.41, 5.74) is 1.44. The lowest BCUT2D eigenvalue weighted by atomic mass is 9.93. The number of ketones is 1. The Morgan fingerprint density at radius 1 is 1.33 bits per heavy atom. The van der Waals surface area contributed by atoms with Gasteiger partial charge in [-0.05, 0) is 38.0 Å². The van der Waals surface area contributed by atoms with Crippen LogP contribution in [0.2, 0.25) is 0 Å². The van der Waals surface area contributed by atoms with Gasteiger partial charge in [-0.25, -0.2) is 0 Å². The lowest BCUT2D eigenvalue weighted by Gasteiger charge is -2.14. The maximum absolute atomic E-state index is 12.3. The molecule has 3 nitrogen and oxygen atoms in total. The van der Waals surface area contributed by atoms with E-state index in [1.165, 1.54) is 0 Å². The lowest BCUT2D eigenvalue weighted by Crippen LogP contribution is -2.26. The third-order valence-electron chi connectivity index (χ3n) is 2.76. The normalized spacial score (nSPS) is 12.0. The average Bonchev–Trinajstić information content (AvgIpc) is 2.33. The van der Waals surface area contributed by atoms with E-state index in [9.17, 15) is 9.59 Å². The van der Waals surface area contributed by atoms with E-state index in [2.05, 4.69) is 15.9 Å². The molecule has 1 unspecified atom stereocenters. The van der Waals surface area contributed by atoms with Gasteiger partial charge >= 0.3 is 5.97 Å². The molecule has 1 aromatic carbocycles. The summed E-state index contributed by atoms with van der Waals surface area (Å²) in [4.78, 5) is 24.1. The van der Waals surface area contributed by atoms with Gasteiger partial charge in [-0.15, -0.1) is 0 Å². The van der Waals surface area contributed by atoms with Crippen molar-refractivity contribution in [3.8, 4) is 0 Å². The van der Waals surface area contributed by atoms with Crippen LogP contribution in [0, 0.1) is 12.8 Å². The highest BCUT2D eigenvalue weighted by atomic mass is 79.9. The van der Waals surface area contributed by atoms with Gasteiger partial charge in [-0.1, -0.05) is 28.9 Å². The Hall–Kier alpha value is -1.16. The topological polar surface area (TPSA) is 43.4 Å². The van der Waals surface area contributed by atoms with Crippen molar-refractivity contribution < 1.29 is 14.3 Å². The summed E-state index contributed by atoms with van der Waals surface area (Å²) in [5.74, 6) is -1.32. The molecule has 0 bridgehead atoms. The van der Waals surface area contributed by atoms with E-state index in [0.717, 1.165) is 10.0 Å². The number of carbonyl (C=O) groups is 2. The van der Waals surface area contributed by atoms with Gasteiger partial charge in [0.2, 0.25) is 0 Å². The number of benzene rings is 1. The van der Waals surface area contributed by atoms with Crippen LogP contribution in [0.25, 0.3) is 0 Å². The Balaban J connectivity index is 3.03. The molecule has 0 fully saturated rings. The summed E-state index contributed by atoms with van der Waals surface area (Å²) in [6.45, 7) is 5.70. The van der Waals surface area contributed by atoms with E-state index >= 15 is 0 Å². The van der Waals surface area contributed by atoms with Crippen LogP contribution in [0.1, 0.15) is 36.2 Å². The second-order valence-corrected chi connectivity index (χ2v) is 4.95. The van der Waals surface area contributed by atoms with Gasteiger partial charge in [-0.3, -0.25) is 9.59 Å². The van der Waals surface area contributed by atoms with Crippen molar-refractivity contribution in [3.05, 3.63) is 33.8 Å². The fraction of sp³-hybridized carbons (Fsp3) is 0.429. The molecule has 0 radical (unpaired) electrons. The molecule has 0 aromatic heterocycles. The van der Waals surface area contributed by atoms with Gasteiger partial charge in [0, 0.05) is 10.0 Å². The SMILES string of the molecule is CCOC(=O)C(CC)C(=O)c1cc(Br)ccc1C. The minimum absolute atomic E-state index is 0.172. The minimum atomic E-state index is -0.710. The van der Waals surface area contributed by atoms with Crippen LogP contribution >= 0.6 is 15.9 Å². The van der Waals surface area contributed by atoms with Gasteiger partial charge in [0.25, 0.3) is 0 Å². The molecule has 1 rings (SSSR count). The van der Waals surface area contributed by atoms with Crippen molar-refractivity contribution in [1.29, 1.82) is 0 Å². The van der Waals surface area contributed by atoms with E-state index in [-0.39, 0.29) is 5.78 Å². The fourth-order valence-corrected chi connectivity index (χ4v) is 2.11. The minimum Gasteiger partial charge on any atom is -0.465 e. The molecule has 18 heavy (non-hydrogen) atoms. The second kappa shape index (κ2) is 6.69. The van der Waals surface area contributed by atoms with Crippen molar-refractivity contribution in [2.45, 2.75) is 27.2 Å². The molecule has 0 amide bonds. The van der Waals surface area contributed by atoms with Crippen molar-refractivity contribution in [2.24, 2.45) is 5.92 Å². The zero-order chi connectivity index (χ0) is 13.7. The van der Waals surface area contributed by atoms with E-state index in [0.29, 0.717) is 18.6 Å². The Morgan fingerprint density at radius 2 is 2.00 bits per heavy atom. The van der Waals surface area contributed by atoms with Gasteiger partial charge in [0.05, 0.1) is 6.61 Å². The number of halogens is 1. The zero-order valence-corrected chi connectivity index (χ0v) is 12.4. The molecule has 1 aromatic rings. The number of rotatable bonds is 5. The van der Waals surface area contributed by atoms with Crippen LogP contribution in [-0.4, -0.2) is 18.4 Å². The zero-order valence-electron chi connectivity index (χ0n) is 10.8. The quantitative estimate of drug-likeness (QED) is 0.474. The highest BCUT2D eigenvalue weighted by molar-refractivity contribution is 9.10. The number of hydrogen-bond acceptors (Lipinski definition) is 3. The third-order valence-corrected chi connectivity index (χ3v) is 3.25. The number of aryl methyl sites for hydroxylation is 1. The molecule has 0 aliphatic carbocycles. The summed E-state index contributed by atoms with van der Waals surface area (Å²) < 4.78 is 5.77. The first-order valence-electron chi connectivity index (χ1n) is 5.98. The third kappa shape index (κ3) is 3.42. The number of carbonyl (C=O) groups excluding carboxylic acids is 2. The molecule has 4 heteroatoms. The molecule has 0 spiro atoms. The molecule has 0 saturated heterocycles. The Kier molecular flexibility index (Phi) is 5.54. The van der Waals surface area contributed by atoms with E-state index in [1.54, 1.807) is 13.0 Å². The number of hydrogen-bond donors (Lipinski definition) is 0. The van der Waals surface area contributed by atoms with Crippen LogP contribution in [0.15, 0.2) is 22.7 Å². The summed E-state index contributed by atoms with van der Waals surface area (Å²) >= 11 is 3.34. The van der Waals surface area contributed by atoms with Gasteiger partial charge in [-0.2, -0.15) is 0 Å². The summed E-state index contributed by atoms with van der Waals surface area (Å²) in [7, 11) is 0. The van der Waals surface area contributed by atoms with Crippen molar-refractivity contribution in [2.75, 3.05) is 6.61 Å².